The van der Waals surface area contributed by atoms with Crippen LogP contribution in [0.3, 0.4) is 0 Å². The number of hydrogen-bond acceptors (Lipinski definition) is 5. The predicted octanol–water partition coefficient (Wildman–Crippen LogP) is 2.46. The van der Waals surface area contributed by atoms with E-state index >= 15 is 0 Å². The maximum atomic E-state index is 6.06. The molecular weight excluding hydrogens is 275 g/mol. The number of halogens is 2. The van der Waals surface area contributed by atoms with Gasteiger partial charge >= 0.3 is 0 Å². The second kappa shape index (κ2) is 5.01. The fourth-order valence-electron chi connectivity index (χ4n) is 1.51. The minimum Gasteiger partial charge on any atom is -0.336 e. The quantitative estimate of drug-likeness (QED) is 0.597. The summed E-state index contributed by atoms with van der Waals surface area (Å²) < 4.78 is 1.70. The lowest BCUT2D eigenvalue weighted by Crippen LogP contribution is -2.10. The van der Waals surface area contributed by atoms with E-state index in [-0.39, 0.29) is 0 Å². The highest BCUT2D eigenvalue weighted by Gasteiger charge is 2.11. The molecule has 0 saturated heterocycles. The van der Waals surface area contributed by atoms with Gasteiger partial charge in [-0.3, -0.25) is 4.68 Å². The van der Waals surface area contributed by atoms with E-state index in [2.05, 4.69) is 20.8 Å². The molecule has 4 N–H and O–H groups in total. The van der Waals surface area contributed by atoms with Crippen molar-refractivity contribution in [1.82, 2.24) is 14.8 Å². The van der Waals surface area contributed by atoms with Crippen LogP contribution in [0, 0.1) is 6.92 Å². The summed E-state index contributed by atoms with van der Waals surface area (Å²) in [4.78, 5) is 4.19. The monoisotopic (exact) mass is 286 g/mol. The number of nitrogens with two attached hydrogens (primary N) is 1. The van der Waals surface area contributed by atoms with Gasteiger partial charge in [0.25, 0.3) is 0 Å². The van der Waals surface area contributed by atoms with Crippen molar-refractivity contribution in [3.05, 3.63) is 28.0 Å². The Labute approximate surface area is 114 Å². The SMILES string of the molecule is Cc1nn(C)cc1Nc1nc(NN)c(Cl)cc1Cl. The van der Waals surface area contributed by atoms with E-state index in [0.717, 1.165) is 11.4 Å². The number of nitrogens with zero attached hydrogens (tertiary/aromatic N) is 3. The number of hydrogen-bond donors (Lipinski definition) is 3. The van der Waals surface area contributed by atoms with Gasteiger partial charge in [-0.15, -0.1) is 0 Å². The zero-order valence-electron chi connectivity index (χ0n) is 9.83. The van der Waals surface area contributed by atoms with Crippen molar-refractivity contribution in [3.63, 3.8) is 0 Å². The van der Waals surface area contributed by atoms with Crippen LogP contribution in [0.1, 0.15) is 5.69 Å². The van der Waals surface area contributed by atoms with Gasteiger partial charge < -0.3 is 10.7 Å². The molecule has 0 unspecified atom stereocenters. The highest BCUT2D eigenvalue weighted by Crippen LogP contribution is 2.31. The third-order valence-electron chi connectivity index (χ3n) is 2.33. The summed E-state index contributed by atoms with van der Waals surface area (Å²) in [6, 6.07) is 1.57. The Morgan fingerprint density at radius 1 is 1.28 bits per heavy atom. The highest BCUT2D eigenvalue weighted by molar-refractivity contribution is 6.37. The normalized spacial score (nSPS) is 10.5. The van der Waals surface area contributed by atoms with E-state index in [9.17, 15) is 0 Å². The van der Waals surface area contributed by atoms with E-state index in [1.165, 1.54) is 0 Å². The molecule has 0 atom stereocenters. The molecule has 2 aromatic rings. The second-order valence-corrected chi connectivity index (χ2v) is 4.53. The molecule has 0 aliphatic rings. The van der Waals surface area contributed by atoms with E-state index in [1.807, 2.05) is 20.2 Å². The topological polar surface area (TPSA) is 80.8 Å². The third kappa shape index (κ3) is 2.50. The van der Waals surface area contributed by atoms with Crippen LogP contribution in [0.4, 0.5) is 17.3 Å². The number of hydrazine groups is 1. The largest absolute Gasteiger partial charge is 0.336 e. The van der Waals surface area contributed by atoms with Crippen molar-refractivity contribution in [2.24, 2.45) is 12.9 Å². The fraction of sp³-hybridized carbons (Fsp3) is 0.200. The Morgan fingerprint density at radius 2 is 1.94 bits per heavy atom. The summed E-state index contributed by atoms with van der Waals surface area (Å²) in [5.74, 6) is 6.13. The molecule has 18 heavy (non-hydrogen) atoms. The number of nitrogens with one attached hydrogen (secondary N) is 2. The molecule has 2 heterocycles. The van der Waals surface area contributed by atoms with E-state index in [0.29, 0.717) is 21.7 Å². The Kier molecular flexibility index (Phi) is 3.60. The lowest BCUT2D eigenvalue weighted by Gasteiger charge is -2.09. The van der Waals surface area contributed by atoms with Crippen molar-refractivity contribution in [3.8, 4) is 0 Å². The first kappa shape index (κ1) is 12.9. The molecule has 0 amide bonds. The van der Waals surface area contributed by atoms with Gasteiger partial charge in [0, 0.05) is 13.2 Å². The van der Waals surface area contributed by atoms with Gasteiger partial charge in [-0.2, -0.15) is 5.10 Å². The van der Waals surface area contributed by atoms with Gasteiger partial charge in [-0.25, -0.2) is 10.8 Å². The van der Waals surface area contributed by atoms with E-state index in [1.54, 1.807) is 10.7 Å². The lowest BCUT2D eigenvalue weighted by molar-refractivity contribution is 0.756. The summed E-state index contributed by atoms with van der Waals surface area (Å²) in [5.41, 5.74) is 4.06. The van der Waals surface area contributed by atoms with Crippen molar-refractivity contribution in [1.29, 1.82) is 0 Å². The van der Waals surface area contributed by atoms with Crippen LogP contribution in [0.15, 0.2) is 12.3 Å². The predicted molar refractivity (Wildman–Crippen MR) is 73.3 cm³/mol. The second-order valence-electron chi connectivity index (χ2n) is 3.72. The number of pyridine rings is 1. The van der Waals surface area contributed by atoms with Crippen molar-refractivity contribution in [2.75, 3.05) is 10.7 Å². The molecule has 0 fully saturated rings. The molecule has 0 saturated carbocycles. The van der Waals surface area contributed by atoms with Gasteiger partial charge in [-0.1, -0.05) is 23.2 Å². The van der Waals surface area contributed by atoms with Crippen LogP contribution < -0.4 is 16.6 Å². The zero-order chi connectivity index (χ0) is 13.3. The Balaban J connectivity index is 2.37. The summed E-state index contributed by atoms with van der Waals surface area (Å²) in [7, 11) is 1.84. The molecule has 2 aromatic heterocycles. The van der Waals surface area contributed by atoms with E-state index in [4.69, 9.17) is 29.0 Å². The maximum absolute atomic E-state index is 6.06. The average Bonchev–Trinajstić information content (AvgIpc) is 2.61. The molecule has 0 aromatic carbocycles. The van der Waals surface area contributed by atoms with Crippen molar-refractivity contribution >= 4 is 40.5 Å². The molecule has 6 nitrogen and oxygen atoms in total. The van der Waals surface area contributed by atoms with Crippen LogP contribution in [0.2, 0.25) is 10.0 Å². The molecule has 0 radical (unpaired) electrons. The number of aryl methyl sites for hydroxylation is 2. The van der Waals surface area contributed by atoms with Crippen LogP contribution >= 0.6 is 23.2 Å². The fourth-order valence-corrected chi connectivity index (χ4v) is 1.97. The van der Waals surface area contributed by atoms with Crippen LogP contribution in [0.5, 0.6) is 0 Å². The first-order valence-electron chi connectivity index (χ1n) is 5.11. The van der Waals surface area contributed by atoms with Gasteiger partial charge in [0.15, 0.2) is 11.6 Å². The third-order valence-corrected chi connectivity index (χ3v) is 2.91. The molecule has 0 spiro atoms. The molecule has 2 rings (SSSR count). The Hall–Kier alpha value is -1.50. The lowest BCUT2D eigenvalue weighted by atomic mass is 10.3. The van der Waals surface area contributed by atoms with Crippen LogP contribution in [0.25, 0.3) is 0 Å². The minimum atomic E-state index is 0.352. The summed E-state index contributed by atoms with van der Waals surface area (Å²) in [6.45, 7) is 1.88. The number of nitrogen functional groups attached to an aromatic ring is 1. The van der Waals surface area contributed by atoms with Gasteiger partial charge in [-0.05, 0) is 13.0 Å². The van der Waals surface area contributed by atoms with Crippen LogP contribution in [-0.2, 0) is 7.05 Å². The highest BCUT2D eigenvalue weighted by atomic mass is 35.5. The van der Waals surface area contributed by atoms with Gasteiger partial charge in [0.2, 0.25) is 0 Å². The van der Waals surface area contributed by atoms with Crippen molar-refractivity contribution in [2.45, 2.75) is 6.92 Å². The van der Waals surface area contributed by atoms with Gasteiger partial charge in [0.1, 0.15) is 0 Å². The molecule has 0 bridgehead atoms. The number of anilines is 3. The molecule has 8 heteroatoms. The first-order chi connectivity index (χ1) is 8.51. The smallest absolute Gasteiger partial charge is 0.161 e. The molecule has 0 aliphatic heterocycles. The number of aromatic nitrogens is 3. The zero-order valence-corrected chi connectivity index (χ0v) is 11.3. The molecule has 0 aliphatic carbocycles. The first-order valence-corrected chi connectivity index (χ1v) is 5.86. The average molecular weight is 287 g/mol. The standard InChI is InChI=1S/C10H12Cl2N6/c1-5-8(4-18(2)17-5)14-9-6(11)3-7(12)10(15-9)16-13/h3-4H,13H2,1-2H3,(H2,14,15,16). The van der Waals surface area contributed by atoms with E-state index < -0.39 is 0 Å². The summed E-state index contributed by atoms with van der Waals surface area (Å²) in [6.07, 6.45) is 1.83. The molecular formula is C10H12Cl2N6. The summed E-state index contributed by atoms with van der Waals surface area (Å²) >= 11 is 12.0. The maximum Gasteiger partial charge on any atom is 0.161 e. The van der Waals surface area contributed by atoms with Crippen LogP contribution in [-0.4, -0.2) is 14.8 Å². The van der Waals surface area contributed by atoms with Crippen molar-refractivity contribution < 1.29 is 0 Å². The number of rotatable bonds is 3. The Bertz CT molecular complexity index is 580. The summed E-state index contributed by atoms with van der Waals surface area (Å²) in [5, 5.41) is 8.06. The Morgan fingerprint density at radius 3 is 2.50 bits per heavy atom. The molecule has 96 valence electrons. The minimum absolute atomic E-state index is 0.352. The van der Waals surface area contributed by atoms with Gasteiger partial charge in [0.05, 0.1) is 21.4 Å².